The van der Waals surface area contributed by atoms with Crippen molar-refractivity contribution in [2.24, 2.45) is 0 Å². The molecule has 5 nitrogen and oxygen atoms in total. The second-order valence-corrected chi connectivity index (χ2v) is 5.28. The van der Waals surface area contributed by atoms with E-state index in [0.717, 1.165) is 5.56 Å². The first-order chi connectivity index (χ1) is 9.88. The summed E-state index contributed by atoms with van der Waals surface area (Å²) in [5.41, 5.74) is 0.790. The van der Waals surface area contributed by atoms with Gasteiger partial charge in [-0.3, -0.25) is 9.59 Å². The van der Waals surface area contributed by atoms with E-state index in [1.54, 1.807) is 24.3 Å². The highest BCUT2D eigenvalue weighted by Crippen LogP contribution is 2.12. The molecule has 1 N–H and O–H groups in total. The number of halogens is 1. The smallest absolute Gasteiger partial charge is 0.323 e. The molecule has 0 saturated carbocycles. The zero-order valence-electron chi connectivity index (χ0n) is 12.1. The molecule has 114 valence electrons. The van der Waals surface area contributed by atoms with Crippen molar-refractivity contribution in [2.75, 3.05) is 33.7 Å². The number of benzene rings is 1. The molecule has 1 amide bonds. The average Bonchev–Trinajstić information content (AvgIpc) is 2.40. The molecule has 0 spiro atoms. The van der Waals surface area contributed by atoms with Crippen LogP contribution in [0.15, 0.2) is 30.3 Å². The minimum atomic E-state index is -1.03. The van der Waals surface area contributed by atoms with E-state index < -0.39 is 5.97 Å². The third kappa shape index (κ3) is 6.92. The molecule has 0 atom stereocenters. The van der Waals surface area contributed by atoms with E-state index in [4.69, 9.17) is 16.7 Å². The monoisotopic (exact) mass is 310 g/mol. The molecule has 0 bridgehead atoms. The number of aliphatic carboxylic acids is 1. The number of likely N-dealkylation sites (N-methyl/N-ethyl adjacent to an activating group) is 1. The Hall–Kier alpha value is -1.85. The zero-order chi connectivity index (χ0) is 15.8. The Bertz CT molecular complexity index is 529. The summed E-state index contributed by atoms with van der Waals surface area (Å²) in [6.07, 6.45) is 2.99. The van der Waals surface area contributed by atoms with Crippen LogP contribution in [0.25, 0.3) is 6.08 Å². The first-order valence-electron chi connectivity index (χ1n) is 6.47. The molecule has 0 aliphatic heterocycles. The van der Waals surface area contributed by atoms with Gasteiger partial charge in [-0.2, -0.15) is 0 Å². The second-order valence-electron chi connectivity index (χ2n) is 4.85. The molecule has 0 aliphatic rings. The molecule has 6 heteroatoms. The van der Waals surface area contributed by atoms with Crippen LogP contribution in [-0.2, 0) is 9.59 Å². The molecule has 21 heavy (non-hydrogen) atoms. The van der Waals surface area contributed by atoms with Crippen molar-refractivity contribution in [1.29, 1.82) is 0 Å². The van der Waals surface area contributed by atoms with E-state index in [2.05, 4.69) is 0 Å². The summed E-state index contributed by atoms with van der Waals surface area (Å²) < 4.78 is 0. The number of hydrogen-bond donors (Lipinski definition) is 1. The Kier molecular flexibility index (Phi) is 6.91. The van der Waals surface area contributed by atoms with Gasteiger partial charge in [0.15, 0.2) is 0 Å². The molecular weight excluding hydrogens is 292 g/mol. The van der Waals surface area contributed by atoms with Gasteiger partial charge in [-0.15, -0.1) is 0 Å². The van der Waals surface area contributed by atoms with Crippen molar-refractivity contribution in [3.63, 3.8) is 0 Å². The van der Waals surface area contributed by atoms with Gasteiger partial charge < -0.3 is 14.9 Å². The molecule has 0 unspecified atom stereocenters. The van der Waals surface area contributed by atoms with E-state index in [-0.39, 0.29) is 12.5 Å². The topological polar surface area (TPSA) is 60.9 Å². The first kappa shape index (κ1) is 17.2. The highest BCUT2D eigenvalue weighted by molar-refractivity contribution is 6.30. The molecule has 0 aliphatic carbocycles. The highest BCUT2D eigenvalue weighted by atomic mass is 35.5. The van der Waals surface area contributed by atoms with Crippen LogP contribution in [0.1, 0.15) is 5.56 Å². The van der Waals surface area contributed by atoms with Crippen LogP contribution in [0.2, 0.25) is 5.02 Å². The zero-order valence-corrected chi connectivity index (χ0v) is 12.9. The van der Waals surface area contributed by atoms with Gasteiger partial charge in [0, 0.05) is 24.2 Å². The van der Waals surface area contributed by atoms with Crippen LogP contribution in [0.4, 0.5) is 0 Å². The van der Waals surface area contributed by atoms with Crippen molar-refractivity contribution >= 4 is 29.6 Å². The lowest BCUT2D eigenvalue weighted by atomic mass is 10.2. The molecule has 1 aromatic carbocycles. The standard InChI is InChI=1S/C15H19ClN2O3/c1-17(2)8-9-18(11-15(20)21)14(19)7-6-12-4-3-5-13(16)10-12/h3-7,10H,8-9,11H2,1-2H3,(H,20,21)/b7-6+. The van der Waals surface area contributed by atoms with Gasteiger partial charge in [0.05, 0.1) is 0 Å². The van der Waals surface area contributed by atoms with Crippen LogP contribution >= 0.6 is 11.6 Å². The Morgan fingerprint density at radius 1 is 1.29 bits per heavy atom. The summed E-state index contributed by atoms with van der Waals surface area (Å²) in [4.78, 5) is 26.1. The Morgan fingerprint density at radius 2 is 2.00 bits per heavy atom. The molecule has 0 radical (unpaired) electrons. The molecule has 0 aromatic heterocycles. The molecular formula is C15H19ClN2O3. The van der Waals surface area contributed by atoms with Crippen molar-refractivity contribution in [3.8, 4) is 0 Å². The lowest BCUT2D eigenvalue weighted by Crippen LogP contribution is -2.39. The highest BCUT2D eigenvalue weighted by Gasteiger charge is 2.14. The van der Waals surface area contributed by atoms with Crippen molar-refractivity contribution in [2.45, 2.75) is 0 Å². The van der Waals surface area contributed by atoms with Crippen LogP contribution in [-0.4, -0.2) is 60.5 Å². The summed E-state index contributed by atoms with van der Waals surface area (Å²) >= 11 is 5.86. The summed E-state index contributed by atoms with van der Waals surface area (Å²) in [6.45, 7) is 0.647. The van der Waals surface area contributed by atoms with E-state index in [1.807, 2.05) is 25.1 Å². The van der Waals surface area contributed by atoms with Gasteiger partial charge in [-0.05, 0) is 37.9 Å². The Balaban J connectivity index is 2.72. The summed E-state index contributed by atoms with van der Waals surface area (Å²) in [5.74, 6) is -1.36. The lowest BCUT2D eigenvalue weighted by molar-refractivity contribution is -0.142. The quantitative estimate of drug-likeness (QED) is 0.781. The number of rotatable bonds is 7. The van der Waals surface area contributed by atoms with Crippen molar-refractivity contribution in [1.82, 2.24) is 9.80 Å². The van der Waals surface area contributed by atoms with E-state index >= 15 is 0 Å². The fraction of sp³-hybridized carbons (Fsp3) is 0.333. The largest absolute Gasteiger partial charge is 0.480 e. The number of carbonyl (C=O) groups excluding carboxylic acids is 1. The fourth-order valence-corrected chi connectivity index (χ4v) is 1.83. The van der Waals surface area contributed by atoms with E-state index in [0.29, 0.717) is 18.1 Å². The van der Waals surface area contributed by atoms with E-state index in [1.165, 1.54) is 11.0 Å². The summed E-state index contributed by atoms with van der Waals surface area (Å²) in [6, 6.07) is 7.08. The number of carboxylic acid groups (broad SMARTS) is 1. The maximum atomic E-state index is 12.1. The van der Waals surface area contributed by atoms with Crippen LogP contribution in [0.3, 0.4) is 0 Å². The minimum Gasteiger partial charge on any atom is -0.480 e. The van der Waals surface area contributed by atoms with Gasteiger partial charge in [0.2, 0.25) is 5.91 Å². The van der Waals surface area contributed by atoms with Gasteiger partial charge in [-0.25, -0.2) is 0 Å². The van der Waals surface area contributed by atoms with Crippen molar-refractivity contribution < 1.29 is 14.7 Å². The van der Waals surface area contributed by atoms with Crippen LogP contribution < -0.4 is 0 Å². The van der Waals surface area contributed by atoms with Gasteiger partial charge in [0.25, 0.3) is 0 Å². The number of hydrogen-bond acceptors (Lipinski definition) is 3. The first-order valence-corrected chi connectivity index (χ1v) is 6.85. The number of nitrogens with zero attached hydrogens (tertiary/aromatic N) is 2. The van der Waals surface area contributed by atoms with Crippen molar-refractivity contribution in [3.05, 3.63) is 40.9 Å². The average molecular weight is 311 g/mol. The maximum absolute atomic E-state index is 12.1. The second kappa shape index (κ2) is 8.44. The predicted molar refractivity (Wildman–Crippen MR) is 83.3 cm³/mol. The maximum Gasteiger partial charge on any atom is 0.323 e. The number of carbonyl (C=O) groups is 2. The molecule has 1 aromatic rings. The number of carboxylic acids is 1. The summed E-state index contributed by atoms with van der Waals surface area (Å²) in [7, 11) is 3.73. The predicted octanol–water partition coefficient (Wildman–Crippen LogP) is 1.83. The third-order valence-corrected chi connectivity index (χ3v) is 2.96. The summed E-state index contributed by atoms with van der Waals surface area (Å²) in [5, 5.41) is 9.45. The van der Waals surface area contributed by atoms with Crippen LogP contribution in [0, 0.1) is 0 Å². The number of amides is 1. The molecule has 0 heterocycles. The molecule has 0 fully saturated rings. The van der Waals surface area contributed by atoms with Gasteiger partial charge in [0.1, 0.15) is 6.54 Å². The molecule has 1 rings (SSSR count). The Labute approximate surface area is 129 Å². The Morgan fingerprint density at radius 3 is 2.57 bits per heavy atom. The fourth-order valence-electron chi connectivity index (χ4n) is 1.63. The van der Waals surface area contributed by atoms with Gasteiger partial charge in [-0.1, -0.05) is 23.7 Å². The van der Waals surface area contributed by atoms with E-state index in [9.17, 15) is 9.59 Å². The normalized spacial score (nSPS) is 11.0. The van der Waals surface area contributed by atoms with Gasteiger partial charge >= 0.3 is 5.97 Å². The minimum absolute atomic E-state index is 0.313. The van der Waals surface area contributed by atoms with Crippen LogP contribution in [0.5, 0.6) is 0 Å². The lowest BCUT2D eigenvalue weighted by Gasteiger charge is -2.21. The molecule has 0 saturated heterocycles. The third-order valence-electron chi connectivity index (χ3n) is 2.72. The SMILES string of the molecule is CN(C)CCN(CC(=O)O)C(=O)/C=C/c1cccc(Cl)c1.